The lowest BCUT2D eigenvalue weighted by Gasteiger charge is -2.46. The molecule has 0 radical (unpaired) electrons. The number of methoxy groups -OCH3 is 1. The minimum Gasteiger partial charge on any atom is -0.368 e. The summed E-state index contributed by atoms with van der Waals surface area (Å²) in [5.41, 5.74) is 1.41. The number of likely N-dealkylation sites (N-methyl/N-ethyl adjacent to an activating group) is 1. The van der Waals surface area contributed by atoms with E-state index in [0.29, 0.717) is 41.5 Å². The van der Waals surface area contributed by atoms with Crippen LogP contribution in [0.2, 0.25) is 5.02 Å². The first kappa shape index (κ1) is 27.2. The van der Waals surface area contributed by atoms with Gasteiger partial charge in [0.2, 0.25) is 0 Å². The summed E-state index contributed by atoms with van der Waals surface area (Å²) in [6.45, 7) is 2.42. The summed E-state index contributed by atoms with van der Waals surface area (Å²) in [7, 11) is 3.64. The Morgan fingerprint density at radius 1 is 1.15 bits per heavy atom. The number of aromatic amines is 1. The topological polar surface area (TPSA) is 120 Å². The van der Waals surface area contributed by atoms with Gasteiger partial charge in [-0.05, 0) is 57.0 Å². The molecular weight excluding hydrogens is 552 g/mol. The van der Waals surface area contributed by atoms with Gasteiger partial charge in [-0.2, -0.15) is 0 Å². The van der Waals surface area contributed by atoms with Gasteiger partial charge in [0.15, 0.2) is 5.01 Å². The van der Waals surface area contributed by atoms with E-state index < -0.39 is 11.6 Å². The number of carbonyl (C=O) groups is 3. The second-order valence-corrected chi connectivity index (χ2v) is 12.6. The van der Waals surface area contributed by atoms with Crippen LogP contribution in [0, 0.1) is 0 Å². The molecule has 1 aliphatic carbocycles. The van der Waals surface area contributed by atoms with Crippen LogP contribution in [0.15, 0.2) is 24.3 Å². The average molecular weight is 585 g/mol. The van der Waals surface area contributed by atoms with Gasteiger partial charge in [0.05, 0.1) is 17.8 Å². The van der Waals surface area contributed by atoms with Gasteiger partial charge >= 0.3 is 0 Å². The van der Waals surface area contributed by atoms with Crippen molar-refractivity contribution in [3.63, 3.8) is 0 Å². The Morgan fingerprint density at radius 2 is 1.95 bits per heavy atom. The van der Waals surface area contributed by atoms with Gasteiger partial charge in [-0.1, -0.05) is 11.6 Å². The van der Waals surface area contributed by atoms with E-state index in [1.807, 2.05) is 6.07 Å². The number of ether oxygens (including phenoxy) is 1. The van der Waals surface area contributed by atoms with Crippen molar-refractivity contribution in [2.75, 3.05) is 33.8 Å². The SMILES string of the molecule is COC1(C(=O)N2CC[C@H](NC(=O)c3cc4cc(Cl)ccc4[nH]3)[C@H](NC(=O)c3nc4c(s3)CN(C)CC4)C2)CCC1. The number of likely N-dealkylation sites (tertiary alicyclic amines) is 1. The third kappa shape index (κ3) is 5.11. The number of nitrogens with one attached hydrogen (secondary N) is 3. The summed E-state index contributed by atoms with van der Waals surface area (Å²) >= 11 is 7.53. The Kier molecular flexibility index (Phi) is 7.32. The number of carbonyl (C=O) groups excluding carboxylic acids is 3. The molecule has 12 heteroatoms. The Labute approximate surface area is 241 Å². The second kappa shape index (κ2) is 10.8. The molecule has 3 N–H and O–H groups in total. The van der Waals surface area contributed by atoms with Crippen molar-refractivity contribution >= 4 is 51.6 Å². The third-order valence-corrected chi connectivity index (χ3v) is 9.73. The molecule has 0 bridgehead atoms. The molecular formula is C28H33ClN6O4S. The van der Waals surface area contributed by atoms with Gasteiger partial charge in [0.25, 0.3) is 17.7 Å². The standard InChI is InChI=1S/C28H33ClN6O4S/c1-34-10-6-20-23(15-34)40-26(33-20)25(37)32-22-14-35(27(38)28(39-2)8-3-9-28)11-7-19(22)31-24(36)21-13-16-12-17(29)4-5-18(16)30-21/h4-5,12-13,19,22,30H,3,6-11,14-15H2,1-2H3,(H,31,36)(H,32,37)/t19-,22+/m0/s1. The molecule has 1 aromatic carbocycles. The average Bonchev–Trinajstić information content (AvgIpc) is 3.53. The molecule has 1 saturated heterocycles. The van der Waals surface area contributed by atoms with Crippen molar-refractivity contribution in [2.45, 2.75) is 56.3 Å². The molecule has 2 atom stereocenters. The van der Waals surface area contributed by atoms with E-state index in [-0.39, 0.29) is 30.3 Å². The number of H-pyrrole nitrogens is 1. The predicted octanol–water partition coefficient (Wildman–Crippen LogP) is 2.96. The number of rotatable bonds is 6. The maximum absolute atomic E-state index is 13.4. The molecule has 2 aromatic heterocycles. The van der Waals surface area contributed by atoms with Crippen LogP contribution in [0.25, 0.3) is 10.9 Å². The monoisotopic (exact) mass is 584 g/mol. The smallest absolute Gasteiger partial charge is 0.280 e. The first-order valence-electron chi connectivity index (χ1n) is 13.7. The van der Waals surface area contributed by atoms with E-state index in [1.165, 1.54) is 11.3 Å². The zero-order valence-corrected chi connectivity index (χ0v) is 24.2. The molecule has 0 unspecified atom stereocenters. The summed E-state index contributed by atoms with van der Waals surface area (Å²) < 4.78 is 5.64. The highest BCUT2D eigenvalue weighted by atomic mass is 35.5. The molecule has 212 valence electrons. The summed E-state index contributed by atoms with van der Waals surface area (Å²) in [4.78, 5) is 53.0. The van der Waals surface area contributed by atoms with Crippen molar-refractivity contribution in [3.05, 3.63) is 50.6 Å². The van der Waals surface area contributed by atoms with Crippen LogP contribution in [-0.4, -0.2) is 89.0 Å². The minimum absolute atomic E-state index is 0.0504. The van der Waals surface area contributed by atoms with Crippen LogP contribution in [0.1, 0.15) is 56.5 Å². The zero-order chi connectivity index (χ0) is 28.0. The number of benzene rings is 1. The normalized spacial score (nSPS) is 22.4. The number of hydrogen-bond donors (Lipinski definition) is 3. The van der Waals surface area contributed by atoms with Crippen LogP contribution in [0.5, 0.6) is 0 Å². The molecule has 10 nitrogen and oxygen atoms in total. The van der Waals surface area contributed by atoms with E-state index in [2.05, 4.69) is 32.5 Å². The molecule has 3 aliphatic rings. The fourth-order valence-corrected chi connectivity index (χ4v) is 7.14. The first-order valence-corrected chi connectivity index (χ1v) is 14.9. The van der Waals surface area contributed by atoms with Gasteiger partial charge < -0.3 is 30.2 Å². The van der Waals surface area contributed by atoms with Crippen molar-refractivity contribution in [1.82, 2.24) is 30.4 Å². The zero-order valence-electron chi connectivity index (χ0n) is 22.6. The number of piperidine rings is 1. The fraction of sp³-hybridized carbons (Fsp3) is 0.500. The minimum atomic E-state index is -0.781. The summed E-state index contributed by atoms with van der Waals surface area (Å²) in [6, 6.07) is 6.29. The predicted molar refractivity (Wildman–Crippen MR) is 153 cm³/mol. The van der Waals surface area contributed by atoms with E-state index >= 15 is 0 Å². The quantitative estimate of drug-likeness (QED) is 0.410. The summed E-state index contributed by atoms with van der Waals surface area (Å²) in [5.74, 6) is -0.618. The van der Waals surface area contributed by atoms with Gasteiger partial charge in [0.1, 0.15) is 11.3 Å². The van der Waals surface area contributed by atoms with Crippen LogP contribution in [-0.2, 0) is 22.5 Å². The van der Waals surface area contributed by atoms with Crippen molar-refractivity contribution in [1.29, 1.82) is 0 Å². The lowest BCUT2D eigenvalue weighted by molar-refractivity contribution is -0.167. The van der Waals surface area contributed by atoms with E-state index in [0.717, 1.165) is 47.4 Å². The Morgan fingerprint density at radius 3 is 2.70 bits per heavy atom. The second-order valence-electron chi connectivity index (χ2n) is 11.0. The molecule has 3 aromatic rings. The lowest BCUT2D eigenvalue weighted by atomic mass is 9.78. The highest BCUT2D eigenvalue weighted by molar-refractivity contribution is 7.13. The molecule has 40 heavy (non-hydrogen) atoms. The molecule has 4 heterocycles. The molecule has 6 rings (SSSR count). The number of fused-ring (bicyclic) bond motifs is 2. The molecule has 2 aliphatic heterocycles. The number of thiazole rings is 1. The van der Waals surface area contributed by atoms with E-state index in [1.54, 1.807) is 30.2 Å². The van der Waals surface area contributed by atoms with Crippen molar-refractivity contribution < 1.29 is 19.1 Å². The van der Waals surface area contributed by atoms with Crippen LogP contribution >= 0.6 is 22.9 Å². The van der Waals surface area contributed by atoms with Crippen LogP contribution in [0.3, 0.4) is 0 Å². The van der Waals surface area contributed by atoms with Crippen molar-refractivity contribution in [3.8, 4) is 0 Å². The molecule has 2 fully saturated rings. The van der Waals surface area contributed by atoms with E-state index in [4.69, 9.17) is 16.3 Å². The summed E-state index contributed by atoms with van der Waals surface area (Å²) in [6.07, 6.45) is 3.65. The van der Waals surface area contributed by atoms with Gasteiger partial charge in [-0.25, -0.2) is 4.98 Å². The highest BCUT2D eigenvalue weighted by Gasteiger charge is 2.48. The van der Waals surface area contributed by atoms with Gasteiger partial charge in [-0.3, -0.25) is 14.4 Å². The van der Waals surface area contributed by atoms with Gasteiger partial charge in [0, 0.05) is 60.5 Å². The number of hydrogen-bond acceptors (Lipinski definition) is 7. The number of amides is 3. The van der Waals surface area contributed by atoms with Crippen molar-refractivity contribution in [2.24, 2.45) is 0 Å². The lowest BCUT2D eigenvalue weighted by Crippen LogP contribution is -2.64. The maximum Gasteiger partial charge on any atom is 0.280 e. The Hall–Kier alpha value is -2.99. The first-order chi connectivity index (χ1) is 19.2. The number of aromatic nitrogens is 2. The third-order valence-electron chi connectivity index (χ3n) is 8.42. The Balaban J connectivity index is 1.21. The van der Waals surface area contributed by atoms with Gasteiger partial charge in [-0.15, -0.1) is 11.3 Å². The van der Waals surface area contributed by atoms with E-state index in [9.17, 15) is 14.4 Å². The molecule has 0 spiro atoms. The number of halogens is 1. The maximum atomic E-state index is 13.4. The molecule has 1 saturated carbocycles. The number of nitrogens with zero attached hydrogens (tertiary/aromatic N) is 3. The fourth-order valence-electron chi connectivity index (χ4n) is 5.87. The Bertz CT molecular complexity index is 1460. The largest absolute Gasteiger partial charge is 0.368 e. The van der Waals surface area contributed by atoms with Crippen LogP contribution < -0.4 is 10.6 Å². The summed E-state index contributed by atoms with van der Waals surface area (Å²) in [5, 5.41) is 8.05. The van der Waals surface area contributed by atoms with Crippen LogP contribution in [0.4, 0.5) is 0 Å². The molecule has 3 amide bonds. The highest BCUT2D eigenvalue weighted by Crippen LogP contribution is 2.37.